The molecule has 1 fully saturated rings. The standard InChI is InChI=1S/C21H36N4O/c1-4-22-21(24-17-19-12-5-6-13-20(19)26-3)23-14-8-10-16-25-15-9-7-11-18(25)2/h5-6,12-13,18H,4,7-11,14-17H2,1-3H3,(H2,22,23,24). The monoisotopic (exact) mass is 360 g/mol. The van der Waals surface area contributed by atoms with E-state index in [0.29, 0.717) is 6.54 Å². The van der Waals surface area contributed by atoms with Gasteiger partial charge in [0.05, 0.1) is 13.7 Å². The molecule has 26 heavy (non-hydrogen) atoms. The third-order valence-corrected chi connectivity index (χ3v) is 5.05. The molecule has 1 saturated heterocycles. The van der Waals surface area contributed by atoms with Crippen molar-refractivity contribution in [1.29, 1.82) is 0 Å². The number of ether oxygens (including phenoxy) is 1. The fraction of sp³-hybridized carbons (Fsp3) is 0.667. The van der Waals surface area contributed by atoms with E-state index < -0.39 is 0 Å². The van der Waals surface area contributed by atoms with Crippen molar-refractivity contribution in [3.63, 3.8) is 0 Å². The Morgan fingerprint density at radius 1 is 1.23 bits per heavy atom. The van der Waals surface area contributed by atoms with Crippen LogP contribution >= 0.6 is 0 Å². The van der Waals surface area contributed by atoms with Gasteiger partial charge < -0.3 is 20.3 Å². The van der Waals surface area contributed by atoms with Crippen LogP contribution in [0.1, 0.15) is 51.5 Å². The highest BCUT2D eigenvalue weighted by atomic mass is 16.5. The molecule has 1 unspecified atom stereocenters. The van der Waals surface area contributed by atoms with Crippen molar-refractivity contribution in [1.82, 2.24) is 15.5 Å². The third-order valence-electron chi connectivity index (χ3n) is 5.05. The molecule has 1 aliphatic rings. The lowest BCUT2D eigenvalue weighted by atomic mass is 10.0. The first-order chi connectivity index (χ1) is 12.7. The highest BCUT2D eigenvalue weighted by Gasteiger charge is 2.16. The third kappa shape index (κ3) is 6.87. The predicted octanol–water partition coefficient (Wildman–Crippen LogP) is 3.40. The van der Waals surface area contributed by atoms with E-state index in [1.54, 1.807) is 7.11 Å². The van der Waals surface area contributed by atoms with Crippen LogP contribution in [0.25, 0.3) is 0 Å². The summed E-state index contributed by atoms with van der Waals surface area (Å²) in [5.41, 5.74) is 1.10. The molecule has 146 valence electrons. The largest absolute Gasteiger partial charge is 0.496 e. The molecule has 2 rings (SSSR count). The minimum Gasteiger partial charge on any atom is -0.496 e. The van der Waals surface area contributed by atoms with Crippen LogP contribution in [0.5, 0.6) is 5.75 Å². The van der Waals surface area contributed by atoms with Crippen LogP contribution in [0, 0.1) is 0 Å². The fourth-order valence-corrected chi connectivity index (χ4v) is 3.48. The second-order valence-electron chi connectivity index (χ2n) is 7.02. The van der Waals surface area contributed by atoms with Crippen LogP contribution in [-0.2, 0) is 6.54 Å². The molecule has 1 aromatic rings. The maximum Gasteiger partial charge on any atom is 0.191 e. The van der Waals surface area contributed by atoms with E-state index in [-0.39, 0.29) is 0 Å². The van der Waals surface area contributed by atoms with Gasteiger partial charge >= 0.3 is 0 Å². The molecule has 1 heterocycles. The van der Waals surface area contributed by atoms with Crippen LogP contribution in [0.4, 0.5) is 0 Å². The number of rotatable bonds is 9. The molecule has 5 heteroatoms. The van der Waals surface area contributed by atoms with Gasteiger partial charge in [0.2, 0.25) is 0 Å². The van der Waals surface area contributed by atoms with Crippen molar-refractivity contribution >= 4 is 5.96 Å². The van der Waals surface area contributed by atoms with Gasteiger partial charge in [-0.15, -0.1) is 0 Å². The molecule has 5 nitrogen and oxygen atoms in total. The molecule has 0 radical (unpaired) electrons. The van der Waals surface area contributed by atoms with Crippen molar-refractivity contribution in [3.05, 3.63) is 29.8 Å². The summed E-state index contributed by atoms with van der Waals surface area (Å²) >= 11 is 0. The maximum atomic E-state index is 5.40. The predicted molar refractivity (Wildman–Crippen MR) is 110 cm³/mol. The number of likely N-dealkylation sites (tertiary alicyclic amines) is 1. The summed E-state index contributed by atoms with van der Waals surface area (Å²) in [4.78, 5) is 7.34. The van der Waals surface area contributed by atoms with Crippen LogP contribution in [0.2, 0.25) is 0 Å². The Balaban J connectivity index is 1.73. The van der Waals surface area contributed by atoms with E-state index in [9.17, 15) is 0 Å². The highest BCUT2D eigenvalue weighted by molar-refractivity contribution is 5.79. The number of nitrogens with one attached hydrogen (secondary N) is 2. The van der Waals surface area contributed by atoms with Gasteiger partial charge in [-0.1, -0.05) is 24.6 Å². The quantitative estimate of drug-likeness (QED) is 0.403. The van der Waals surface area contributed by atoms with Crippen molar-refractivity contribution < 1.29 is 4.74 Å². The van der Waals surface area contributed by atoms with Gasteiger partial charge in [0.15, 0.2) is 5.96 Å². The minimum absolute atomic E-state index is 0.616. The Morgan fingerprint density at radius 2 is 2.08 bits per heavy atom. The average molecular weight is 361 g/mol. The van der Waals surface area contributed by atoms with Crippen molar-refractivity contribution in [3.8, 4) is 5.75 Å². The first-order valence-electron chi connectivity index (χ1n) is 10.1. The Hall–Kier alpha value is -1.75. The number of aliphatic imine (C=N–C) groups is 1. The van der Waals surface area contributed by atoms with Gasteiger partial charge in [-0.3, -0.25) is 0 Å². The van der Waals surface area contributed by atoms with Gasteiger partial charge in [0.1, 0.15) is 5.75 Å². The minimum atomic E-state index is 0.616. The molecule has 1 atom stereocenters. The van der Waals surface area contributed by atoms with Crippen LogP contribution in [0.3, 0.4) is 0 Å². The number of benzene rings is 1. The number of methoxy groups -OCH3 is 1. The molecule has 1 aliphatic heterocycles. The Labute approximate surface area is 159 Å². The molecule has 0 amide bonds. The van der Waals surface area contributed by atoms with Crippen LogP contribution < -0.4 is 15.4 Å². The normalized spacial score (nSPS) is 18.6. The SMILES string of the molecule is CCNC(=NCc1ccccc1OC)NCCCCN1CCCCC1C. The van der Waals surface area contributed by atoms with E-state index in [1.165, 1.54) is 45.2 Å². The number of nitrogens with zero attached hydrogens (tertiary/aromatic N) is 2. The number of unbranched alkanes of at least 4 members (excludes halogenated alkanes) is 1. The Kier molecular flexibility index (Phi) is 9.32. The van der Waals surface area contributed by atoms with Gasteiger partial charge in [-0.25, -0.2) is 4.99 Å². The van der Waals surface area contributed by atoms with Crippen LogP contribution in [-0.4, -0.2) is 50.2 Å². The molecular weight excluding hydrogens is 324 g/mol. The number of hydrogen-bond donors (Lipinski definition) is 2. The van der Waals surface area contributed by atoms with Crippen LogP contribution in [0.15, 0.2) is 29.3 Å². The van der Waals surface area contributed by atoms with E-state index in [2.05, 4.69) is 35.4 Å². The second kappa shape index (κ2) is 11.8. The molecule has 0 aliphatic carbocycles. The molecule has 0 aromatic heterocycles. The van der Waals surface area contributed by atoms with E-state index in [1.807, 2.05) is 18.2 Å². The number of para-hydroxylation sites is 1. The molecule has 0 saturated carbocycles. The summed E-state index contributed by atoms with van der Waals surface area (Å²) in [6.45, 7) is 9.40. The van der Waals surface area contributed by atoms with Crippen molar-refractivity contribution in [2.75, 3.05) is 33.3 Å². The van der Waals surface area contributed by atoms with Gasteiger partial charge in [0, 0.05) is 24.7 Å². The summed E-state index contributed by atoms with van der Waals surface area (Å²) in [5, 5.41) is 6.78. The summed E-state index contributed by atoms with van der Waals surface area (Å²) in [6.07, 6.45) is 6.53. The summed E-state index contributed by atoms with van der Waals surface area (Å²) in [6, 6.07) is 8.81. The average Bonchev–Trinajstić information content (AvgIpc) is 2.67. The Bertz CT molecular complexity index is 547. The number of guanidine groups is 1. The zero-order valence-corrected chi connectivity index (χ0v) is 16.8. The second-order valence-corrected chi connectivity index (χ2v) is 7.02. The van der Waals surface area contributed by atoms with Gasteiger partial charge in [-0.05, 0) is 58.7 Å². The summed E-state index contributed by atoms with van der Waals surface area (Å²) < 4.78 is 5.40. The van der Waals surface area contributed by atoms with E-state index in [4.69, 9.17) is 9.73 Å². The van der Waals surface area contributed by atoms with Crippen molar-refractivity contribution in [2.24, 2.45) is 4.99 Å². The smallest absolute Gasteiger partial charge is 0.191 e. The van der Waals surface area contributed by atoms with Gasteiger partial charge in [-0.2, -0.15) is 0 Å². The molecule has 2 N–H and O–H groups in total. The summed E-state index contributed by atoms with van der Waals surface area (Å²) in [5.74, 6) is 1.77. The van der Waals surface area contributed by atoms with E-state index >= 15 is 0 Å². The number of piperidine rings is 1. The summed E-state index contributed by atoms with van der Waals surface area (Å²) in [7, 11) is 1.70. The fourth-order valence-electron chi connectivity index (χ4n) is 3.48. The first kappa shape index (κ1) is 20.6. The molecular formula is C21H36N4O. The lowest BCUT2D eigenvalue weighted by molar-refractivity contribution is 0.158. The number of hydrogen-bond acceptors (Lipinski definition) is 3. The first-order valence-corrected chi connectivity index (χ1v) is 10.1. The zero-order valence-electron chi connectivity index (χ0n) is 16.8. The van der Waals surface area contributed by atoms with Gasteiger partial charge in [0.25, 0.3) is 0 Å². The lowest BCUT2D eigenvalue weighted by Gasteiger charge is -2.33. The highest BCUT2D eigenvalue weighted by Crippen LogP contribution is 2.18. The lowest BCUT2D eigenvalue weighted by Crippen LogP contribution is -2.39. The molecule has 1 aromatic carbocycles. The molecule has 0 spiro atoms. The topological polar surface area (TPSA) is 48.9 Å². The van der Waals surface area contributed by atoms with Crippen molar-refractivity contribution in [2.45, 2.75) is 58.5 Å². The molecule has 0 bridgehead atoms. The zero-order chi connectivity index (χ0) is 18.6. The Morgan fingerprint density at radius 3 is 2.85 bits per heavy atom. The van der Waals surface area contributed by atoms with E-state index in [0.717, 1.165) is 36.4 Å². The maximum absolute atomic E-state index is 5.40.